The molecule has 0 aliphatic carbocycles. The summed E-state index contributed by atoms with van der Waals surface area (Å²) in [5.41, 5.74) is 1.61. The van der Waals surface area contributed by atoms with Gasteiger partial charge in [0.05, 0.1) is 0 Å². The van der Waals surface area contributed by atoms with Crippen molar-refractivity contribution in [2.45, 2.75) is 25.7 Å². The summed E-state index contributed by atoms with van der Waals surface area (Å²) >= 11 is 0. The van der Waals surface area contributed by atoms with E-state index in [1.165, 1.54) is 12.8 Å². The third-order valence-electron chi connectivity index (χ3n) is 5.91. The van der Waals surface area contributed by atoms with Crippen LogP contribution in [0.25, 0.3) is 10.9 Å². The van der Waals surface area contributed by atoms with Crippen LogP contribution in [0.15, 0.2) is 30.3 Å². The third kappa shape index (κ3) is 4.67. The van der Waals surface area contributed by atoms with Gasteiger partial charge in [-0.05, 0) is 50.4 Å². The van der Waals surface area contributed by atoms with Crippen molar-refractivity contribution in [3.63, 3.8) is 0 Å². The molecular weight excluding hydrogens is 376 g/mol. The maximum Gasteiger partial charge on any atom is 0.270 e. The predicted octanol–water partition coefficient (Wildman–Crippen LogP) is 2.65. The molecule has 0 unspecified atom stereocenters. The van der Waals surface area contributed by atoms with Crippen LogP contribution in [0.4, 0.5) is 0 Å². The fourth-order valence-electron chi connectivity index (χ4n) is 4.17. The molecular formula is C21H29ClN4O2. The van der Waals surface area contributed by atoms with Gasteiger partial charge in [-0.15, -0.1) is 12.4 Å². The van der Waals surface area contributed by atoms with E-state index < -0.39 is 0 Å². The summed E-state index contributed by atoms with van der Waals surface area (Å²) in [6, 6.07) is 9.82. The number of piperazine rings is 1. The summed E-state index contributed by atoms with van der Waals surface area (Å²) < 4.78 is 0. The highest BCUT2D eigenvalue weighted by atomic mass is 35.5. The second kappa shape index (κ2) is 9.43. The van der Waals surface area contributed by atoms with Crippen molar-refractivity contribution in [2.24, 2.45) is 5.92 Å². The van der Waals surface area contributed by atoms with E-state index in [1.54, 1.807) is 0 Å². The quantitative estimate of drug-likeness (QED) is 0.823. The van der Waals surface area contributed by atoms with Gasteiger partial charge in [0.15, 0.2) is 0 Å². The lowest BCUT2D eigenvalue weighted by Gasteiger charge is -2.35. The van der Waals surface area contributed by atoms with Crippen LogP contribution < -0.4 is 5.32 Å². The molecule has 2 aliphatic rings. The zero-order chi connectivity index (χ0) is 18.6. The first-order chi connectivity index (χ1) is 13.2. The van der Waals surface area contributed by atoms with Gasteiger partial charge in [0, 0.05) is 43.5 Å². The number of hydrogen-bond acceptors (Lipinski definition) is 3. The Morgan fingerprint density at radius 1 is 1.00 bits per heavy atom. The first-order valence-electron chi connectivity index (χ1n) is 10.1. The van der Waals surface area contributed by atoms with Gasteiger partial charge >= 0.3 is 0 Å². The van der Waals surface area contributed by atoms with Crippen molar-refractivity contribution < 1.29 is 9.59 Å². The average Bonchev–Trinajstić information content (AvgIpc) is 3.16. The zero-order valence-corrected chi connectivity index (χ0v) is 17.0. The van der Waals surface area contributed by atoms with Gasteiger partial charge in [-0.3, -0.25) is 9.59 Å². The summed E-state index contributed by atoms with van der Waals surface area (Å²) in [6.07, 6.45) is 4.00. The Balaban J connectivity index is 0.00000225. The molecule has 0 spiro atoms. The van der Waals surface area contributed by atoms with Gasteiger partial charge in [0.2, 0.25) is 5.91 Å². The molecule has 152 valence electrons. The number of benzene rings is 1. The number of aromatic amines is 1. The minimum absolute atomic E-state index is 0. The van der Waals surface area contributed by atoms with E-state index in [2.05, 4.69) is 10.3 Å². The topological polar surface area (TPSA) is 68.4 Å². The lowest BCUT2D eigenvalue weighted by atomic mass is 9.93. The molecule has 4 rings (SSSR count). The molecule has 1 aromatic carbocycles. The minimum atomic E-state index is 0. The molecule has 0 radical (unpaired) electrons. The molecule has 2 aliphatic heterocycles. The molecule has 1 aromatic heterocycles. The van der Waals surface area contributed by atoms with Crippen molar-refractivity contribution in [3.8, 4) is 0 Å². The van der Waals surface area contributed by atoms with Gasteiger partial charge in [-0.2, -0.15) is 0 Å². The highest BCUT2D eigenvalue weighted by molar-refractivity contribution is 5.98. The third-order valence-corrected chi connectivity index (χ3v) is 5.91. The Labute approximate surface area is 172 Å². The van der Waals surface area contributed by atoms with Crippen molar-refractivity contribution >= 4 is 35.1 Å². The van der Waals surface area contributed by atoms with E-state index in [-0.39, 0.29) is 24.2 Å². The van der Waals surface area contributed by atoms with E-state index in [1.807, 2.05) is 40.1 Å². The molecule has 2 fully saturated rings. The maximum atomic E-state index is 12.8. The average molecular weight is 405 g/mol. The van der Waals surface area contributed by atoms with Gasteiger partial charge in [-0.25, -0.2) is 0 Å². The number of nitrogens with one attached hydrogen (secondary N) is 2. The second-order valence-corrected chi connectivity index (χ2v) is 7.68. The summed E-state index contributed by atoms with van der Waals surface area (Å²) in [4.78, 5) is 32.3. The van der Waals surface area contributed by atoms with Crippen LogP contribution in [0.1, 0.15) is 36.2 Å². The Hall–Kier alpha value is -2.05. The standard InChI is InChI=1S/C21H28N4O2.ClH/c26-20(6-5-16-7-9-22-10-8-16)24-11-13-25(14-12-24)21(27)19-15-17-3-1-2-4-18(17)23-19;/h1-4,15-16,22-23H,5-14H2;1H. The van der Waals surface area contributed by atoms with Gasteiger partial charge in [0.1, 0.15) is 5.69 Å². The molecule has 2 N–H and O–H groups in total. The number of para-hydroxylation sites is 1. The maximum absolute atomic E-state index is 12.8. The van der Waals surface area contributed by atoms with Crippen LogP contribution in [0.3, 0.4) is 0 Å². The van der Waals surface area contributed by atoms with E-state index in [0.29, 0.717) is 44.2 Å². The first-order valence-corrected chi connectivity index (χ1v) is 10.1. The molecule has 2 saturated heterocycles. The summed E-state index contributed by atoms with van der Waals surface area (Å²) in [5.74, 6) is 0.944. The zero-order valence-electron chi connectivity index (χ0n) is 16.2. The van der Waals surface area contributed by atoms with Gasteiger partial charge in [-0.1, -0.05) is 18.2 Å². The Kier molecular flexibility index (Phi) is 6.97. The lowest BCUT2D eigenvalue weighted by molar-refractivity contribution is -0.133. The van der Waals surface area contributed by atoms with E-state index >= 15 is 0 Å². The number of aromatic nitrogens is 1. The number of halogens is 1. The SMILES string of the molecule is Cl.O=C(CCC1CCNCC1)N1CCN(C(=O)c2cc3ccccc3[nH]2)CC1. The number of H-pyrrole nitrogens is 1. The van der Waals surface area contributed by atoms with Gasteiger partial charge in [0.25, 0.3) is 5.91 Å². The number of nitrogens with zero attached hydrogens (tertiary/aromatic N) is 2. The predicted molar refractivity (Wildman–Crippen MR) is 113 cm³/mol. The molecule has 6 nitrogen and oxygen atoms in total. The number of hydrogen-bond donors (Lipinski definition) is 2. The Bertz CT molecular complexity index is 775. The van der Waals surface area contributed by atoms with Gasteiger partial charge < -0.3 is 20.1 Å². The van der Waals surface area contributed by atoms with E-state index in [4.69, 9.17) is 0 Å². The van der Waals surface area contributed by atoms with Crippen LogP contribution in [0.5, 0.6) is 0 Å². The lowest BCUT2D eigenvalue weighted by Crippen LogP contribution is -2.50. The molecule has 28 heavy (non-hydrogen) atoms. The van der Waals surface area contributed by atoms with E-state index in [0.717, 1.165) is 30.4 Å². The van der Waals surface area contributed by atoms with Crippen LogP contribution >= 0.6 is 12.4 Å². The Morgan fingerprint density at radius 3 is 2.39 bits per heavy atom. The monoisotopic (exact) mass is 404 g/mol. The largest absolute Gasteiger partial charge is 0.351 e. The fraction of sp³-hybridized carbons (Fsp3) is 0.524. The first kappa shape index (κ1) is 20.7. The summed E-state index contributed by atoms with van der Waals surface area (Å²) in [5, 5.41) is 4.42. The summed E-state index contributed by atoms with van der Waals surface area (Å²) in [7, 11) is 0. The minimum Gasteiger partial charge on any atom is -0.351 e. The van der Waals surface area contributed by atoms with Crippen molar-refractivity contribution in [3.05, 3.63) is 36.0 Å². The second-order valence-electron chi connectivity index (χ2n) is 7.68. The van der Waals surface area contributed by atoms with E-state index in [9.17, 15) is 9.59 Å². The molecule has 0 bridgehead atoms. The highest BCUT2D eigenvalue weighted by Crippen LogP contribution is 2.20. The Morgan fingerprint density at radius 2 is 1.68 bits per heavy atom. The van der Waals surface area contributed by atoms with Crippen LogP contribution in [0, 0.1) is 5.92 Å². The molecule has 7 heteroatoms. The summed E-state index contributed by atoms with van der Waals surface area (Å²) in [6.45, 7) is 4.63. The van der Waals surface area contributed by atoms with Crippen LogP contribution in [0.2, 0.25) is 0 Å². The number of rotatable bonds is 4. The van der Waals surface area contributed by atoms with Crippen LogP contribution in [-0.2, 0) is 4.79 Å². The van der Waals surface area contributed by atoms with Crippen LogP contribution in [-0.4, -0.2) is 65.9 Å². The molecule has 2 aromatic rings. The number of carbonyl (C=O) groups is 2. The molecule has 3 heterocycles. The van der Waals surface area contributed by atoms with Crippen molar-refractivity contribution in [2.75, 3.05) is 39.3 Å². The number of carbonyl (C=O) groups excluding carboxylic acids is 2. The normalized spacial score (nSPS) is 18.1. The number of fused-ring (bicyclic) bond motifs is 1. The van der Waals surface area contributed by atoms with Crippen molar-refractivity contribution in [1.82, 2.24) is 20.1 Å². The van der Waals surface area contributed by atoms with Crippen molar-refractivity contribution in [1.29, 1.82) is 0 Å². The number of amides is 2. The number of piperidine rings is 1. The molecule has 0 atom stereocenters. The molecule has 0 saturated carbocycles. The fourth-order valence-corrected chi connectivity index (χ4v) is 4.17. The highest BCUT2D eigenvalue weighted by Gasteiger charge is 2.26. The smallest absolute Gasteiger partial charge is 0.270 e. The molecule has 2 amide bonds.